The smallest absolute Gasteiger partial charge is 0.161 e. The van der Waals surface area contributed by atoms with Gasteiger partial charge in [-0.15, -0.1) is 0 Å². The largest absolute Gasteiger partial charge is 0.497 e. The third kappa shape index (κ3) is 2.39. The summed E-state index contributed by atoms with van der Waals surface area (Å²) in [6, 6.07) is 10.9. The minimum Gasteiger partial charge on any atom is -0.497 e. The van der Waals surface area contributed by atoms with E-state index in [1.807, 2.05) is 6.07 Å². The molecule has 0 unspecified atom stereocenters. The molecule has 2 aliphatic heterocycles. The maximum absolute atomic E-state index is 6.86. The Balaban J connectivity index is 1.91. The van der Waals surface area contributed by atoms with E-state index >= 15 is 0 Å². The minimum absolute atomic E-state index is 0.0136. The van der Waals surface area contributed by atoms with E-state index in [-0.39, 0.29) is 6.04 Å². The molecule has 0 spiro atoms. The van der Waals surface area contributed by atoms with E-state index in [0.29, 0.717) is 6.04 Å². The summed E-state index contributed by atoms with van der Waals surface area (Å²) in [6.07, 6.45) is 2.38. The number of hydrogen-bond acceptors (Lipinski definition) is 5. The molecule has 0 aliphatic carbocycles. The van der Waals surface area contributed by atoms with Crippen LogP contribution in [-0.2, 0) is 6.54 Å². The molecule has 1 saturated heterocycles. The summed E-state index contributed by atoms with van der Waals surface area (Å²) >= 11 is 0. The second-order valence-electron chi connectivity index (χ2n) is 7.76. The van der Waals surface area contributed by atoms with Crippen LogP contribution in [0.15, 0.2) is 30.3 Å². The zero-order valence-corrected chi connectivity index (χ0v) is 16.6. The van der Waals surface area contributed by atoms with Crippen LogP contribution in [0.5, 0.6) is 17.2 Å². The molecule has 2 aliphatic rings. The summed E-state index contributed by atoms with van der Waals surface area (Å²) in [6.45, 7) is 2.05. The van der Waals surface area contributed by atoms with Crippen molar-refractivity contribution in [2.24, 2.45) is 5.73 Å². The average Bonchev–Trinajstić information content (AvgIpc) is 3.21. The zero-order chi connectivity index (χ0) is 19.4. The molecule has 0 radical (unpaired) electrons. The summed E-state index contributed by atoms with van der Waals surface area (Å²) < 4.78 is 16.7. The molecule has 5 rings (SSSR count). The lowest BCUT2D eigenvalue weighted by atomic mass is 9.82. The standard InChI is InChI=1S/C23H26N2O3/c1-26-13-6-7-14-15(9-13)16-10-20(27-2)21(28-3)11-17(16)18-12-25-8-4-5-19(25)23(24)22(14)18/h6-7,9-11,19,23H,4-5,8,12,24H2,1-3H3/t19-,23+/m1/s1. The molecule has 3 aromatic rings. The van der Waals surface area contributed by atoms with Crippen LogP contribution in [0.1, 0.15) is 30.0 Å². The van der Waals surface area contributed by atoms with Crippen molar-refractivity contribution >= 4 is 21.5 Å². The summed E-state index contributed by atoms with van der Waals surface area (Å²) in [4.78, 5) is 2.54. The van der Waals surface area contributed by atoms with E-state index in [2.05, 4.69) is 29.2 Å². The predicted molar refractivity (Wildman–Crippen MR) is 111 cm³/mol. The molecular weight excluding hydrogens is 352 g/mol. The highest BCUT2D eigenvalue weighted by molar-refractivity contribution is 6.12. The molecule has 1 fully saturated rings. The highest BCUT2D eigenvalue weighted by Gasteiger charge is 2.38. The topological polar surface area (TPSA) is 57.0 Å². The van der Waals surface area contributed by atoms with E-state index in [1.165, 1.54) is 34.7 Å². The van der Waals surface area contributed by atoms with Crippen LogP contribution in [0.25, 0.3) is 21.5 Å². The Morgan fingerprint density at radius 2 is 1.61 bits per heavy atom. The SMILES string of the molecule is COc1ccc2c3c(c4cc(OC)c(OC)cc4c2c1)CN1CCC[C@@H]1[C@@H]3N. The first kappa shape index (κ1) is 17.6. The molecule has 0 amide bonds. The van der Waals surface area contributed by atoms with Gasteiger partial charge in [0.05, 0.1) is 21.3 Å². The Kier molecular flexibility index (Phi) is 4.11. The number of nitrogens with zero attached hydrogens (tertiary/aromatic N) is 1. The first-order valence-corrected chi connectivity index (χ1v) is 9.84. The lowest BCUT2D eigenvalue weighted by molar-refractivity contribution is 0.200. The lowest BCUT2D eigenvalue weighted by Crippen LogP contribution is -2.42. The molecule has 2 atom stereocenters. The van der Waals surface area contributed by atoms with E-state index < -0.39 is 0 Å². The maximum Gasteiger partial charge on any atom is 0.161 e. The molecule has 5 heteroatoms. The molecular formula is C23H26N2O3. The van der Waals surface area contributed by atoms with Crippen molar-refractivity contribution in [2.45, 2.75) is 31.5 Å². The first-order valence-electron chi connectivity index (χ1n) is 9.84. The average molecular weight is 378 g/mol. The summed E-state index contributed by atoms with van der Waals surface area (Å²) in [5.74, 6) is 2.32. The molecule has 3 aromatic carbocycles. The molecule has 0 saturated carbocycles. The van der Waals surface area contributed by atoms with Crippen LogP contribution in [0.2, 0.25) is 0 Å². The number of hydrogen-bond donors (Lipinski definition) is 1. The van der Waals surface area contributed by atoms with Gasteiger partial charge >= 0.3 is 0 Å². The number of fused-ring (bicyclic) bond motifs is 7. The molecule has 28 heavy (non-hydrogen) atoms. The third-order valence-corrected chi connectivity index (χ3v) is 6.50. The van der Waals surface area contributed by atoms with Gasteiger partial charge in [0.15, 0.2) is 11.5 Å². The number of rotatable bonds is 3. The molecule has 2 N–H and O–H groups in total. The van der Waals surface area contributed by atoms with Crippen LogP contribution in [0.4, 0.5) is 0 Å². The van der Waals surface area contributed by atoms with Crippen molar-refractivity contribution in [1.82, 2.24) is 4.90 Å². The fourth-order valence-electron chi connectivity index (χ4n) is 5.17. The Bertz CT molecular complexity index is 1080. The lowest BCUT2D eigenvalue weighted by Gasteiger charge is -2.38. The number of methoxy groups -OCH3 is 3. The quantitative estimate of drug-likeness (QED) is 0.698. The fraction of sp³-hybridized carbons (Fsp3) is 0.391. The van der Waals surface area contributed by atoms with Gasteiger partial charge in [-0.05, 0) is 76.3 Å². The molecule has 2 heterocycles. The van der Waals surface area contributed by atoms with Crippen LogP contribution in [0.3, 0.4) is 0 Å². The van der Waals surface area contributed by atoms with Crippen LogP contribution < -0.4 is 19.9 Å². The van der Waals surface area contributed by atoms with Crippen molar-refractivity contribution < 1.29 is 14.2 Å². The minimum atomic E-state index is 0.0136. The first-order chi connectivity index (χ1) is 13.7. The van der Waals surface area contributed by atoms with Crippen molar-refractivity contribution in [3.63, 3.8) is 0 Å². The fourth-order valence-corrected chi connectivity index (χ4v) is 5.17. The summed E-state index contributed by atoms with van der Waals surface area (Å²) in [5, 5.41) is 4.70. The molecule has 0 aromatic heterocycles. The van der Waals surface area contributed by atoms with Gasteiger partial charge in [-0.2, -0.15) is 0 Å². The predicted octanol–water partition coefficient (Wildman–Crippen LogP) is 4.00. The normalized spacial score (nSPS) is 21.6. The van der Waals surface area contributed by atoms with Crippen molar-refractivity contribution in [1.29, 1.82) is 0 Å². The van der Waals surface area contributed by atoms with Gasteiger partial charge in [-0.1, -0.05) is 6.07 Å². The Morgan fingerprint density at radius 3 is 2.32 bits per heavy atom. The van der Waals surface area contributed by atoms with Gasteiger partial charge in [0.1, 0.15) is 5.75 Å². The van der Waals surface area contributed by atoms with Gasteiger partial charge < -0.3 is 19.9 Å². The highest BCUT2D eigenvalue weighted by atomic mass is 16.5. The monoisotopic (exact) mass is 378 g/mol. The van der Waals surface area contributed by atoms with Crippen molar-refractivity contribution in [3.8, 4) is 17.2 Å². The van der Waals surface area contributed by atoms with Crippen LogP contribution in [-0.4, -0.2) is 38.8 Å². The molecule has 146 valence electrons. The second kappa shape index (κ2) is 6.54. The van der Waals surface area contributed by atoms with Gasteiger partial charge in [0, 0.05) is 18.6 Å². The Hall–Kier alpha value is -2.50. The zero-order valence-electron chi connectivity index (χ0n) is 16.6. The van der Waals surface area contributed by atoms with E-state index in [1.54, 1.807) is 21.3 Å². The van der Waals surface area contributed by atoms with Gasteiger partial charge in [-0.25, -0.2) is 0 Å². The van der Waals surface area contributed by atoms with Gasteiger partial charge in [-0.3, -0.25) is 4.90 Å². The van der Waals surface area contributed by atoms with E-state index in [4.69, 9.17) is 19.9 Å². The Morgan fingerprint density at radius 1 is 0.893 bits per heavy atom. The maximum atomic E-state index is 6.86. The van der Waals surface area contributed by atoms with Crippen LogP contribution in [0, 0.1) is 0 Å². The number of benzene rings is 3. The highest BCUT2D eigenvalue weighted by Crippen LogP contribution is 2.46. The second-order valence-corrected chi connectivity index (χ2v) is 7.76. The third-order valence-electron chi connectivity index (χ3n) is 6.50. The molecule has 0 bridgehead atoms. The summed E-state index contributed by atoms with van der Waals surface area (Å²) in [5.41, 5.74) is 9.45. The van der Waals surface area contributed by atoms with Gasteiger partial charge in [0.2, 0.25) is 0 Å². The number of nitrogens with two attached hydrogens (primary N) is 1. The van der Waals surface area contributed by atoms with Crippen LogP contribution >= 0.6 is 0 Å². The van der Waals surface area contributed by atoms with E-state index in [9.17, 15) is 0 Å². The van der Waals surface area contributed by atoms with Crippen molar-refractivity contribution in [2.75, 3.05) is 27.9 Å². The van der Waals surface area contributed by atoms with Crippen molar-refractivity contribution in [3.05, 3.63) is 41.5 Å². The molecule has 5 nitrogen and oxygen atoms in total. The van der Waals surface area contributed by atoms with Gasteiger partial charge in [0.25, 0.3) is 0 Å². The van der Waals surface area contributed by atoms with E-state index in [0.717, 1.165) is 41.1 Å². The summed E-state index contributed by atoms with van der Waals surface area (Å²) in [7, 11) is 5.06. The number of ether oxygens (including phenoxy) is 3. The Labute approximate surface area is 165 Å².